The number of halogens is 1. The van der Waals surface area contributed by atoms with Gasteiger partial charge in [0.1, 0.15) is 5.82 Å². The lowest BCUT2D eigenvalue weighted by atomic mass is 9.98. The molecular formula is C28H28ClN7O3. The van der Waals surface area contributed by atoms with E-state index in [1.165, 1.54) is 12.3 Å². The molecule has 0 aliphatic heterocycles. The van der Waals surface area contributed by atoms with Gasteiger partial charge in [0.15, 0.2) is 17.5 Å². The van der Waals surface area contributed by atoms with Crippen LogP contribution in [0.3, 0.4) is 0 Å². The van der Waals surface area contributed by atoms with Gasteiger partial charge in [-0.15, -0.1) is 10.2 Å². The number of tetrazole rings is 1. The number of hydrogen-bond donors (Lipinski definition) is 3. The first-order valence-corrected chi connectivity index (χ1v) is 13.1. The summed E-state index contributed by atoms with van der Waals surface area (Å²) in [5.41, 5.74) is 4.71. The molecule has 0 saturated carbocycles. The van der Waals surface area contributed by atoms with Crippen molar-refractivity contribution in [3.05, 3.63) is 106 Å². The third-order valence-corrected chi connectivity index (χ3v) is 6.92. The van der Waals surface area contributed by atoms with E-state index in [9.17, 15) is 15.4 Å². The number of pyridine rings is 1. The van der Waals surface area contributed by atoms with Crippen LogP contribution in [0.4, 0.5) is 0 Å². The molecule has 0 spiro atoms. The van der Waals surface area contributed by atoms with Crippen molar-refractivity contribution in [3.63, 3.8) is 0 Å². The summed E-state index contributed by atoms with van der Waals surface area (Å²) in [5, 5.41) is 47.8. The highest BCUT2D eigenvalue weighted by atomic mass is 35.5. The highest BCUT2D eigenvalue weighted by molar-refractivity contribution is 6.30. The highest BCUT2D eigenvalue weighted by Gasteiger charge is 2.28. The maximum atomic E-state index is 12.6. The summed E-state index contributed by atoms with van der Waals surface area (Å²) in [7, 11) is 0. The summed E-state index contributed by atoms with van der Waals surface area (Å²) in [6, 6.07) is 19.0. The minimum absolute atomic E-state index is 0.103. The molecule has 5 aromatic rings. The van der Waals surface area contributed by atoms with Gasteiger partial charge < -0.3 is 20.0 Å². The number of imidazole rings is 1. The number of rotatable bonds is 10. The lowest BCUT2D eigenvalue weighted by Crippen LogP contribution is -2.34. The number of aromatic nitrogens is 7. The molecule has 1 atom stereocenters. The largest absolute Gasteiger partial charge is 0.618 e. The van der Waals surface area contributed by atoms with Crippen LogP contribution in [0.25, 0.3) is 22.5 Å². The fourth-order valence-corrected chi connectivity index (χ4v) is 4.90. The first-order chi connectivity index (χ1) is 19.0. The Morgan fingerprint density at radius 3 is 2.46 bits per heavy atom. The van der Waals surface area contributed by atoms with E-state index < -0.39 is 6.10 Å². The van der Waals surface area contributed by atoms with E-state index in [1.54, 1.807) is 6.07 Å². The minimum atomic E-state index is -1.30. The van der Waals surface area contributed by atoms with Crippen molar-refractivity contribution in [1.29, 1.82) is 0 Å². The summed E-state index contributed by atoms with van der Waals surface area (Å²) in [4.78, 5) is 4.55. The van der Waals surface area contributed by atoms with Crippen molar-refractivity contribution in [3.8, 4) is 22.5 Å². The van der Waals surface area contributed by atoms with Gasteiger partial charge in [-0.2, -0.15) is 9.94 Å². The molecule has 2 aromatic carbocycles. The molecule has 0 saturated heterocycles. The van der Waals surface area contributed by atoms with E-state index in [0.29, 0.717) is 34.8 Å². The standard InChI is InChI=1S/C28H28ClN7O3/c1-2-3-8-24-30-27(29)25(26(38)23-14-11-19(17-37)16-36(23)39)35(24)15-18-9-12-20(13-10-18)21-6-4-5-7-22(21)28-31-33-34-32-28/h4-7,9-14,16,26,37-38H,2-3,8,15,17H2,1H3,(H,31,32,33,34). The molecule has 3 heterocycles. The van der Waals surface area contributed by atoms with Crippen LogP contribution in [-0.2, 0) is 19.6 Å². The Labute approximate surface area is 230 Å². The SMILES string of the molecule is CCCCc1nc(Cl)c(C(O)c2ccc(CO)c[n+]2[O-])n1Cc1ccc(-c2ccccc2-c2nn[nH]n2)cc1. The van der Waals surface area contributed by atoms with E-state index in [0.717, 1.165) is 40.9 Å². The number of nitrogens with one attached hydrogen (secondary N) is 1. The summed E-state index contributed by atoms with van der Waals surface area (Å²) in [6.45, 7) is 2.23. The van der Waals surface area contributed by atoms with E-state index in [4.69, 9.17) is 11.6 Å². The Kier molecular flexibility index (Phi) is 7.97. The monoisotopic (exact) mass is 545 g/mol. The maximum Gasteiger partial charge on any atom is 0.227 e. The van der Waals surface area contributed by atoms with Crippen LogP contribution >= 0.6 is 11.6 Å². The predicted molar refractivity (Wildman–Crippen MR) is 145 cm³/mol. The Morgan fingerprint density at radius 2 is 1.79 bits per heavy atom. The quantitative estimate of drug-likeness (QED) is 0.178. The molecule has 1 unspecified atom stereocenters. The van der Waals surface area contributed by atoms with Gasteiger partial charge in [-0.3, -0.25) is 0 Å². The number of aryl methyl sites for hydroxylation is 1. The lowest BCUT2D eigenvalue weighted by molar-refractivity contribution is -0.618. The molecule has 5 rings (SSSR count). The zero-order valence-electron chi connectivity index (χ0n) is 21.3. The average molecular weight is 546 g/mol. The van der Waals surface area contributed by atoms with Crippen LogP contribution in [0.1, 0.15) is 54.2 Å². The molecule has 0 bridgehead atoms. The third-order valence-electron chi connectivity index (χ3n) is 6.64. The van der Waals surface area contributed by atoms with Crippen LogP contribution in [0, 0.1) is 5.21 Å². The second-order valence-electron chi connectivity index (χ2n) is 9.22. The smallest absolute Gasteiger partial charge is 0.227 e. The van der Waals surface area contributed by atoms with Crippen molar-refractivity contribution in [1.82, 2.24) is 30.2 Å². The number of aliphatic hydroxyl groups is 2. The van der Waals surface area contributed by atoms with Crippen molar-refractivity contribution in [2.45, 2.75) is 45.4 Å². The Bertz CT molecular complexity index is 1550. The summed E-state index contributed by atoms with van der Waals surface area (Å²) in [5.74, 6) is 1.26. The molecule has 39 heavy (non-hydrogen) atoms. The minimum Gasteiger partial charge on any atom is -0.618 e. The molecule has 3 N–H and O–H groups in total. The summed E-state index contributed by atoms with van der Waals surface area (Å²) < 4.78 is 2.45. The van der Waals surface area contributed by atoms with E-state index in [-0.39, 0.29) is 17.5 Å². The lowest BCUT2D eigenvalue weighted by Gasteiger charge is -2.17. The molecule has 0 fully saturated rings. The van der Waals surface area contributed by atoms with Crippen LogP contribution in [0.15, 0.2) is 66.9 Å². The van der Waals surface area contributed by atoms with Crippen LogP contribution in [0.5, 0.6) is 0 Å². The number of aromatic amines is 1. The van der Waals surface area contributed by atoms with Crippen LogP contribution in [-0.4, -0.2) is 40.4 Å². The maximum absolute atomic E-state index is 12.6. The van der Waals surface area contributed by atoms with Gasteiger partial charge in [-0.05, 0) is 34.4 Å². The van der Waals surface area contributed by atoms with E-state index in [1.807, 2.05) is 53.1 Å². The predicted octanol–water partition coefficient (Wildman–Crippen LogP) is 3.98. The molecule has 10 nitrogen and oxygen atoms in total. The topological polar surface area (TPSA) is 140 Å². The molecule has 0 aliphatic rings. The van der Waals surface area contributed by atoms with E-state index in [2.05, 4.69) is 32.5 Å². The van der Waals surface area contributed by atoms with E-state index >= 15 is 0 Å². The molecule has 11 heteroatoms. The second kappa shape index (κ2) is 11.7. The fourth-order valence-electron chi connectivity index (χ4n) is 4.60. The number of hydrogen-bond acceptors (Lipinski definition) is 7. The first kappa shape index (κ1) is 26.5. The van der Waals surface area contributed by atoms with Gasteiger partial charge in [-0.25, -0.2) is 4.98 Å². The van der Waals surface area contributed by atoms with Gasteiger partial charge in [0.05, 0.1) is 12.3 Å². The zero-order valence-corrected chi connectivity index (χ0v) is 22.1. The molecule has 0 radical (unpaired) electrons. The second-order valence-corrected chi connectivity index (χ2v) is 9.58. The number of unbranched alkanes of at least 4 members (excludes halogenated alkanes) is 1. The van der Waals surface area contributed by atoms with Gasteiger partial charge in [0, 0.05) is 30.2 Å². The normalized spacial score (nSPS) is 12.1. The Balaban J connectivity index is 1.49. The van der Waals surface area contributed by atoms with Gasteiger partial charge in [0.25, 0.3) is 0 Å². The number of benzene rings is 2. The Morgan fingerprint density at radius 1 is 1.05 bits per heavy atom. The summed E-state index contributed by atoms with van der Waals surface area (Å²) in [6.07, 6.45) is 2.50. The number of nitrogens with zero attached hydrogens (tertiary/aromatic N) is 6. The van der Waals surface area contributed by atoms with Crippen molar-refractivity contribution in [2.75, 3.05) is 0 Å². The number of aliphatic hydroxyl groups excluding tert-OH is 2. The first-order valence-electron chi connectivity index (χ1n) is 12.7. The fraction of sp³-hybridized carbons (Fsp3) is 0.250. The molecule has 3 aromatic heterocycles. The average Bonchev–Trinajstić information content (AvgIpc) is 3.60. The van der Waals surface area contributed by atoms with Gasteiger partial charge >= 0.3 is 0 Å². The van der Waals surface area contributed by atoms with Gasteiger partial charge in [-0.1, -0.05) is 73.5 Å². The van der Waals surface area contributed by atoms with Crippen molar-refractivity contribution in [2.24, 2.45) is 0 Å². The van der Waals surface area contributed by atoms with Crippen LogP contribution < -0.4 is 4.73 Å². The molecule has 0 aliphatic carbocycles. The van der Waals surface area contributed by atoms with Crippen LogP contribution in [0.2, 0.25) is 5.15 Å². The highest BCUT2D eigenvalue weighted by Crippen LogP contribution is 2.32. The Hall–Kier alpha value is -4.12. The molecular weight excluding hydrogens is 518 g/mol. The third kappa shape index (κ3) is 5.53. The molecule has 200 valence electrons. The molecule has 0 amide bonds. The summed E-state index contributed by atoms with van der Waals surface area (Å²) >= 11 is 6.56. The van der Waals surface area contributed by atoms with Gasteiger partial charge in [0.2, 0.25) is 11.5 Å². The number of H-pyrrole nitrogens is 1. The van der Waals surface area contributed by atoms with Crippen molar-refractivity contribution < 1.29 is 14.9 Å². The van der Waals surface area contributed by atoms with Crippen molar-refractivity contribution >= 4 is 11.6 Å². The zero-order chi connectivity index (χ0) is 27.4.